The van der Waals surface area contributed by atoms with Crippen molar-refractivity contribution in [2.75, 3.05) is 0 Å². The summed E-state index contributed by atoms with van der Waals surface area (Å²) in [6.45, 7) is 4.41. The van der Waals surface area contributed by atoms with Crippen molar-refractivity contribution < 1.29 is 0 Å². The summed E-state index contributed by atoms with van der Waals surface area (Å²) in [6, 6.07) is 12.4. The zero-order chi connectivity index (χ0) is 13.9. The van der Waals surface area contributed by atoms with Crippen molar-refractivity contribution in [3.05, 3.63) is 53.9 Å². The van der Waals surface area contributed by atoms with Crippen molar-refractivity contribution in [2.45, 2.75) is 30.7 Å². The number of benzene rings is 1. The van der Waals surface area contributed by atoms with Crippen LogP contribution in [-0.4, -0.2) is 15.0 Å². The number of pyridine rings is 1. The quantitative estimate of drug-likeness (QED) is 0.723. The molecule has 2 heterocycles. The molecule has 1 N–H and O–H groups in total. The van der Waals surface area contributed by atoms with Crippen LogP contribution in [0.25, 0.3) is 11.0 Å². The molecule has 0 saturated heterocycles. The molecule has 0 radical (unpaired) electrons. The molecular weight excluding hydrogens is 266 g/mol. The molecule has 0 saturated carbocycles. The molecular formula is C16H17N3S. The van der Waals surface area contributed by atoms with Gasteiger partial charge >= 0.3 is 0 Å². The molecule has 1 aromatic carbocycles. The Labute approximate surface area is 122 Å². The minimum Gasteiger partial charge on any atom is -0.333 e. The average Bonchev–Trinajstić information content (AvgIpc) is 2.88. The number of aromatic amines is 1. The van der Waals surface area contributed by atoms with E-state index in [9.17, 15) is 0 Å². The molecule has 2 aromatic heterocycles. The number of thioether (sulfide) groups is 1. The minimum absolute atomic E-state index is 0.535. The first-order chi connectivity index (χ1) is 9.72. The van der Waals surface area contributed by atoms with Gasteiger partial charge in [0.05, 0.1) is 16.7 Å². The molecule has 0 bridgehead atoms. The lowest BCUT2D eigenvalue weighted by Crippen LogP contribution is -1.85. The summed E-state index contributed by atoms with van der Waals surface area (Å²) in [7, 11) is 0. The predicted octanol–water partition coefficient (Wildman–Crippen LogP) is 4.37. The molecule has 4 heteroatoms. The molecule has 3 nitrogen and oxygen atoms in total. The molecule has 20 heavy (non-hydrogen) atoms. The van der Waals surface area contributed by atoms with Gasteiger partial charge in [0.1, 0.15) is 0 Å². The van der Waals surface area contributed by atoms with Crippen molar-refractivity contribution in [1.82, 2.24) is 15.0 Å². The molecule has 3 rings (SSSR count). The zero-order valence-corrected chi connectivity index (χ0v) is 12.4. The second kappa shape index (κ2) is 5.67. The second-order valence-corrected chi connectivity index (χ2v) is 6.05. The lowest BCUT2D eigenvalue weighted by Gasteiger charge is -2.03. The molecule has 0 amide bonds. The summed E-state index contributed by atoms with van der Waals surface area (Å²) in [5.41, 5.74) is 4.54. The maximum Gasteiger partial charge on any atom is 0.166 e. The predicted molar refractivity (Wildman–Crippen MR) is 84.0 cm³/mol. The number of hydrogen-bond acceptors (Lipinski definition) is 3. The van der Waals surface area contributed by atoms with Crippen LogP contribution < -0.4 is 0 Å². The normalized spacial score (nSPS) is 11.3. The van der Waals surface area contributed by atoms with Crippen LogP contribution in [0.1, 0.15) is 31.0 Å². The number of fused-ring (bicyclic) bond motifs is 1. The topological polar surface area (TPSA) is 41.6 Å². The van der Waals surface area contributed by atoms with Gasteiger partial charge in [-0.05, 0) is 35.7 Å². The number of nitrogens with zero attached hydrogens (tertiary/aromatic N) is 2. The van der Waals surface area contributed by atoms with Crippen molar-refractivity contribution in [3.8, 4) is 0 Å². The smallest absolute Gasteiger partial charge is 0.166 e. The van der Waals surface area contributed by atoms with Gasteiger partial charge in [-0.15, -0.1) is 0 Å². The summed E-state index contributed by atoms with van der Waals surface area (Å²) in [5.74, 6) is 1.37. The monoisotopic (exact) mass is 283 g/mol. The van der Waals surface area contributed by atoms with E-state index < -0.39 is 0 Å². The van der Waals surface area contributed by atoms with Crippen LogP contribution in [0.15, 0.2) is 47.8 Å². The Morgan fingerprint density at radius 1 is 1.20 bits per heavy atom. The summed E-state index contributed by atoms with van der Waals surface area (Å²) >= 11 is 1.68. The summed E-state index contributed by atoms with van der Waals surface area (Å²) in [6.07, 6.45) is 1.82. The van der Waals surface area contributed by atoms with Crippen LogP contribution in [0.5, 0.6) is 0 Å². The molecule has 0 unspecified atom stereocenters. The molecule has 102 valence electrons. The lowest BCUT2D eigenvalue weighted by molar-refractivity contribution is 0.868. The Hall–Kier alpha value is -1.81. The maximum atomic E-state index is 4.61. The van der Waals surface area contributed by atoms with Crippen molar-refractivity contribution in [3.63, 3.8) is 0 Å². The van der Waals surface area contributed by atoms with Crippen LogP contribution in [0.2, 0.25) is 0 Å². The van der Waals surface area contributed by atoms with Gasteiger partial charge in [-0.25, -0.2) is 4.98 Å². The Kier molecular flexibility index (Phi) is 3.74. The maximum absolute atomic E-state index is 4.61. The zero-order valence-electron chi connectivity index (χ0n) is 11.6. The van der Waals surface area contributed by atoms with E-state index in [0.717, 1.165) is 27.6 Å². The molecule has 0 aliphatic carbocycles. The largest absolute Gasteiger partial charge is 0.333 e. The average molecular weight is 283 g/mol. The second-order valence-electron chi connectivity index (χ2n) is 5.08. The number of nitrogens with one attached hydrogen (secondary N) is 1. The van der Waals surface area contributed by atoms with Gasteiger partial charge in [0, 0.05) is 11.9 Å². The van der Waals surface area contributed by atoms with Gasteiger partial charge in [0.2, 0.25) is 0 Å². The van der Waals surface area contributed by atoms with Gasteiger partial charge in [0.25, 0.3) is 0 Å². The first-order valence-corrected chi connectivity index (χ1v) is 7.73. The van der Waals surface area contributed by atoms with Crippen molar-refractivity contribution >= 4 is 22.8 Å². The number of hydrogen-bond donors (Lipinski definition) is 1. The van der Waals surface area contributed by atoms with E-state index in [1.54, 1.807) is 11.8 Å². The van der Waals surface area contributed by atoms with Gasteiger partial charge in [-0.3, -0.25) is 4.98 Å². The molecule has 0 aliphatic rings. The lowest BCUT2D eigenvalue weighted by atomic mass is 10.0. The third-order valence-electron chi connectivity index (χ3n) is 3.23. The summed E-state index contributed by atoms with van der Waals surface area (Å²) < 4.78 is 0. The Bertz CT molecular complexity index is 704. The number of imidazole rings is 1. The first-order valence-electron chi connectivity index (χ1n) is 6.75. The number of rotatable bonds is 4. The standard InChI is InChI=1S/C16H17N3S/c1-11(2)12-6-7-14-15(9-12)19-16(18-14)20-10-13-5-3-4-8-17-13/h3-9,11H,10H2,1-2H3,(H,18,19). The Morgan fingerprint density at radius 3 is 2.85 bits per heavy atom. The SMILES string of the molecule is CC(C)c1ccc2nc(SCc3ccccn3)[nH]c2c1. The molecule has 0 fully saturated rings. The van der Waals surface area contributed by atoms with Crippen LogP contribution in [-0.2, 0) is 5.75 Å². The van der Waals surface area contributed by atoms with E-state index in [4.69, 9.17) is 0 Å². The van der Waals surface area contributed by atoms with Crippen LogP contribution in [0, 0.1) is 0 Å². The van der Waals surface area contributed by atoms with E-state index in [-0.39, 0.29) is 0 Å². The minimum atomic E-state index is 0.535. The Morgan fingerprint density at radius 2 is 2.10 bits per heavy atom. The fourth-order valence-corrected chi connectivity index (χ4v) is 2.86. The van der Waals surface area contributed by atoms with Crippen LogP contribution in [0.3, 0.4) is 0 Å². The third kappa shape index (κ3) is 2.85. The van der Waals surface area contributed by atoms with Crippen LogP contribution >= 0.6 is 11.8 Å². The fraction of sp³-hybridized carbons (Fsp3) is 0.250. The van der Waals surface area contributed by atoms with Gasteiger partial charge in [0.15, 0.2) is 5.16 Å². The molecule has 0 atom stereocenters. The van der Waals surface area contributed by atoms with E-state index in [1.807, 2.05) is 24.4 Å². The van der Waals surface area contributed by atoms with Gasteiger partial charge < -0.3 is 4.98 Å². The highest BCUT2D eigenvalue weighted by atomic mass is 32.2. The van der Waals surface area contributed by atoms with E-state index >= 15 is 0 Å². The summed E-state index contributed by atoms with van der Waals surface area (Å²) in [4.78, 5) is 12.3. The van der Waals surface area contributed by atoms with E-state index in [1.165, 1.54) is 5.56 Å². The van der Waals surface area contributed by atoms with E-state index in [0.29, 0.717) is 5.92 Å². The van der Waals surface area contributed by atoms with Gasteiger partial charge in [-0.1, -0.05) is 37.7 Å². The fourth-order valence-electron chi connectivity index (χ4n) is 2.06. The third-order valence-corrected chi connectivity index (χ3v) is 4.14. The van der Waals surface area contributed by atoms with Crippen LogP contribution in [0.4, 0.5) is 0 Å². The highest BCUT2D eigenvalue weighted by Crippen LogP contribution is 2.24. The van der Waals surface area contributed by atoms with Gasteiger partial charge in [-0.2, -0.15) is 0 Å². The highest BCUT2D eigenvalue weighted by molar-refractivity contribution is 7.98. The first kappa shape index (κ1) is 13.2. The molecule has 0 aliphatic heterocycles. The van der Waals surface area contributed by atoms with Crippen molar-refractivity contribution in [2.24, 2.45) is 0 Å². The highest BCUT2D eigenvalue weighted by Gasteiger charge is 2.06. The summed E-state index contributed by atoms with van der Waals surface area (Å²) in [5, 5.41) is 0.951. The van der Waals surface area contributed by atoms with Crippen molar-refractivity contribution in [1.29, 1.82) is 0 Å². The molecule has 0 spiro atoms. The Balaban J connectivity index is 1.79. The molecule has 3 aromatic rings. The van der Waals surface area contributed by atoms with E-state index in [2.05, 4.69) is 47.0 Å². The number of H-pyrrole nitrogens is 1. The number of aromatic nitrogens is 3.